The van der Waals surface area contributed by atoms with Crippen molar-refractivity contribution in [1.29, 1.82) is 0 Å². The molecule has 0 aliphatic heterocycles. The summed E-state index contributed by atoms with van der Waals surface area (Å²) in [5.41, 5.74) is -0.802. The third-order valence-electron chi connectivity index (χ3n) is 2.51. The lowest BCUT2D eigenvalue weighted by atomic mass is 10.3. The third-order valence-corrected chi connectivity index (χ3v) is 2.51. The van der Waals surface area contributed by atoms with Crippen LogP contribution in [0.4, 0.5) is 0 Å². The Labute approximate surface area is 108 Å². The first-order valence-corrected chi connectivity index (χ1v) is 5.85. The number of carbonyl (C=O) groups is 1. The van der Waals surface area contributed by atoms with Gasteiger partial charge in [0, 0.05) is 24.9 Å². The molecule has 0 radical (unpaired) electrons. The van der Waals surface area contributed by atoms with Crippen molar-refractivity contribution >= 4 is 5.97 Å². The molecule has 0 amide bonds. The molecule has 0 aliphatic rings. The fourth-order valence-corrected chi connectivity index (χ4v) is 1.62. The molecular formula is C12H13N3O4. The Morgan fingerprint density at radius 1 is 1.53 bits per heavy atom. The Kier molecular flexibility index (Phi) is 3.74. The Morgan fingerprint density at radius 2 is 2.32 bits per heavy atom. The van der Waals surface area contributed by atoms with E-state index in [0.29, 0.717) is 18.1 Å². The smallest absolute Gasteiger partial charge is 0.341 e. The first-order chi connectivity index (χ1) is 9.10. The second-order valence-electron chi connectivity index (χ2n) is 4.05. The number of aromatic carboxylic acids is 1. The zero-order valence-corrected chi connectivity index (χ0v) is 10.4. The zero-order chi connectivity index (χ0) is 13.8. The van der Waals surface area contributed by atoms with Gasteiger partial charge in [0.05, 0.1) is 6.54 Å². The van der Waals surface area contributed by atoms with Crippen molar-refractivity contribution in [2.24, 2.45) is 0 Å². The van der Waals surface area contributed by atoms with E-state index in [4.69, 9.17) is 9.63 Å². The van der Waals surface area contributed by atoms with E-state index >= 15 is 0 Å². The molecule has 100 valence electrons. The predicted molar refractivity (Wildman–Crippen MR) is 65.1 cm³/mol. The van der Waals surface area contributed by atoms with Gasteiger partial charge in [-0.05, 0) is 6.42 Å². The van der Waals surface area contributed by atoms with Gasteiger partial charge in [-0.15, -0.1) is 0 Å². The predicted octanol–water partition coefficient (Wildman–Crippen LogP) is 0.930. The van der Waals surface area contributed by atoms with Gasteiger partial charge in [-0.3, -0.25) is 4.79 Å². The van der Waals surface area contributed by atoms with E-state index in [9.17, 15) is 9.59 Å². The van der Waals surface area contributed by atoms with Crippen molar-refractivity contribution in [2.75, 3.05) is 0 Å². The van der Waals surface area contributed by atoms with Gasteiger partial charge in [0.1, 0.15) is 5.56 Å². The fraction of sp³-hybridized carbons (Fsp3) is 0.333. The second kappa shape index (κ2) is 5.47. The first-order valence-electron chi connectivity index (χ1n) is 5.85. The molecule has 2 aromatic heterocycles. The molecule has 19 heavy (non-hydrogen) atoms. The van der Waals surface area contributed by atoms with Gasteiger partial charge in [-0.2, -0.15) is 4.98 Å². The van der Waals surface area contributed by atoms with Crippen LogP contribution in [0.1, 0.15) is 35.4 Å². The summed E-state index contributed by atoms with van der Waals surface area (Å²) in [6.45, 7) is 2.26. The summed E-state index contributed by atoms with van der Waals surface area (Å²) < 4.78 is 6.56. The summed E-state index contributed by atoms with van der Waals surface area (Å²) in [5, 5.41) is 12.7. The number of rotatable bonds is 5. The number of nitrogens with zero attached hydrogens (tertiary/aromatic N) is 3. The van der Waals surface area contributed by atoms with Crippen LogP contribution in [-0.4, -0.2) is 25.8 Å². The summed E-state index contributed by atoms with van der Waals surface area (Å²) in [6.07, 6.45) is 4.37. The van der Waals surface area contributed by atoms with Crippen LogP contribution in [0.15, 0.2) is 27.8 Å². The van der Waals surface area contributed by atoms with Crippen molar-refractivity contribution in [3.8, 4) is 0 Å². The summed E-state index contributed by atoms with van der Waals surface area (Å²) in [6, 6.07) is 1.20. The maximum absolute atomic E-state index is 11.3. The minimum atomic E-state index is -1.25. The van der Waals surface area contributed by atoms with Crippen molar-refractivity contribution < 1.29 is 14.4 Å². The van der Waals surface area contributed by atoms with E-state index in [1.54, 1.807) is 0 Å². The highest BCUT2D eigenvalue weighted by atomic mass is 16.5. The number of carboxylic acid groups (broad SMARTS) is 1. The van der Waals surface area contributed by atoms with Crippen molar-refractivity contribution in [3.05, 3.63) is 46.0 Å². The standard InChI is InChI=1S/C12H13N3O4/c1-2-3-11-13-10(14-19-11)7-15-5-4-9(16)8(6-15)12(17)18/h4-6H,2-3,7H2,1H3,(H,17,18). The lowest BCUT2D eigenvalue weighted by Gasteiger charge is -2.03. The molecule has 0 aromatic carbocycles. The van der Waals surface area contributed by atoms with Crippen molar-refractivity contribution in [2.45, 2.75) is 26.3 Å². The fourth-order valence-electron chi connectivity index (χ4n) is 1.62. The van der Waals surface area contributed by atoms with Crippen LogP contribution in [0, 0.1) is 0 Å². The van der Waals surface area contributed by atoms with Crippen LogP contribution in [-0.2, 0) is 13.0 Å². The number of hydrogen-bond donors (Lipinski definition) is 1. The Hall–Kier alpha value is -2.44. The highest BCUT2D eigenvalue weighted by molar-refractivity contribution is 5.86. The zero-order valence-electron chi connectivity index (χ0n) is 10.4. The quantitative estimate of drug-likeness (QED) is 0.861. The Morgan fingerprint density at radius 3 is 3.00 bits per heavy atom. The van der Waals surface area contributed by atoms with E-state index in [1.807, 2.05) is 6.92 Å². The van der Waals surface area contributed by atoms with Crippen LogP contribution in [0.2, 0.25) is 0 Å². The third kappa shape index (κ3) is 3.06. The van der Waals surface area contributed by atoms with Crippen LogP contribution < -0.4 is 5.43 Å². The molecule has 0 spiro atoms. The van der Waals surface area contributed by atoms with E-state index in [2.05, 4.69) is 10.1 Å². The highest BCUT2D eigenvalue weighted by Crippen LogP contribution is 2.03. The van der Waals surface area contributed by atoms with Gasteiger partial charge in [0.25, 0.3) is 0 Å². The highest BCUT2D eigenvalue weighted by Gasteiger charge is 2.10. The lowest BCUT2D eigenvalue weighted by molar-refractivity contribution is 0.0694. The molecule has 7 heteroatoms. The number of pyridine rings is 1. The first kappa shape index (κ1) is 13.0. The van der Waals surface area contributed by atoms with Crippen LogP contribution in [0.3, 0.4) is 0 Å². The molecule has 0 fully saturated rings. The molecule has 7 nitrogen and oxygen atoms in total. The average molecular weight is 263 g/mol. The summed E-state index contributed by atoms with van der Waals surface area (Å²) in [7, 11) is 0. The molecule has 0 saturated heterocycles. The van der Waals surface area contributed by atoms with Crippen molar-refractivity contribution in [1.82, 2.24) is 14.7 Å². The van der Waals surface area contributed by atoms with Crippen LogP contribution in [0.5, 0.6) is 0 Å². The maximum atomic E-state index is 11.3. The molecule has 0 bridgehead atoms. The van der Waals surface area contributed by atoms with E-state index in [1.165, 1.54) is 23.0 Å². The maximum Gasteiger partial charge on any atom is 0.341 e. The van der Waals surface area contributed by atoms with Gasteiger partial charge >= 0.3 is 5.97 Å². The van der Waals surface area contributed by atoms with Gasteiger partial charge < -0.3 is 14.2 Å². The van der Waals surface area contributed by atoms with Gasteiger partial charge in [0.15, 0.2) is 11.3 Å². The number of hydrogen-bond acceptors (Lipinski definition) is 5. The van der Waals surface area contributed by atoms with E-state index < -0.39 is 11.4 Å². The molecule has 0 aliphatic carbocycles. The largest absolute Gasteiger partial charge is 0.477 e. The minimum Gasteiger partial charge on any atom is -0.477 e. The van der Waals surface area contributed by atoms with Gasteiger partial charge in [-0.1, -0.05) is 12.1 Å². The number of aromatic nitrogens is 3. The Bertz CT molecular complexity index is 644. The summed E-state index contributed by atoms with van der Waals surface area (Å²) >= 11 is 0. The summed E-state index contributed by atoms with van der Waals surface area (Å²) in [5.74, 6) is -0.250. The van der Waals surface area contributed by atoms with Gasteiger partial charge in [0.2, 0.25) is 5.89 Å². The average Bonchev–Trinajstić information content (AvgIpc) is 2.79. The molecule has 2 heterocycles. The molecular weight excluding hydrogens is 250 g/mol. The monoisotopic (exact) mass is 263 g/mol. The molecule has 0 saturated carbocycles. The van der Waals surface area contributed by atoms with E-state index in [-0.39, 0.29) is 12.1 Å². The van der Waals surface area contributed by atoms with Crippen LogP contribution in [0.25, 0.3) is 0 Å². The normalized spacial score (nSPS) is 10.6. The number of aryl methyl sites for hydroxylation is 1. The van der Waals surface area contributed by atoms with Crippen LogP contribution >= 0.6 is 0 Å². The molecule has 2 rings (SSSR count). The lowest BCUT2D eigenvalue weighted by Crippen LogP contribution is -2.17. The number of carboxylic acids is 1. The van der Waals surface area contributed by atoms with E-state index in [0.717, 1.165) is 6.42 Å². The second-order valence-corrected chi connectivity index (χ2v) is 4.05. The molecule has 0 unspecified atom stereocenters. The Balaban J connectivity index is 2.20. The van der Waals surface area contributed by atoms with Gasteiger partial charge in [-0.25, -0.2) is 4.79 Å². The SMILES string of the molecule is CCCc1nc(Cn2ccc(=O)c(C(=O)O)c2)no1. The topological polar surface area (TPSA) is 98.2 Å². The molecule has 2 aromatic rings. The minimum absolute atomic E-state index is 0.258. The molecule has 1 N–H and O–H groups in total. The summed E-state index contributed by atoms with van der Waals surface area (Å²) in [4.78, 5) is 26.3. The van der Waals surface area contributed by atoms with Crippen molar-refractivity contribution in [3.63, 3.8) is 0 Å². The molecule has 0 atom stereocenters.